The van der Waals surface area contributed by atoms with Crippen LogP contribution in [0.1, 0.15) is 29.5 Å². The van der Waals surface area contributed by atoms with E-state index in [1.165, 1.54) is 6.33 Å². The van der Waals surface area contributed by atoms with Crippen LogP contribution in [-0.2, 0) is 11.2 Å². The van der Waals surface area contributed by atoms with Crippen LogP contribution >= 0.6 is 0 Å². The SMILES string of the molecule is CCCN1CCN(C(=O)c2ncn[nH]2)C(Cc2ccc(-c3ccccc3)cc2)C1=O. The highest BCUT2D eigenvalue weighted by molar-refractivity contribution is 5.95. The van der Waals surface area contributed by atoms with Crippen molar-refractivity contribution < 1.29 is 9.59 Å². The van der Waals surface area contributed by atoms with Gasteiger partial charge in [-0.05, 0) is 23.1 Å². The van der Waals surface area contributed by atoms with Crippen LogP contribution in [0.5, 0.6) is 0 Å². The number of hydrogen-bond donors (Lipinski definition) is 1. The summed E-state index contributed by atoms with van der Waals surface area (Å²) in [6.45, 7) is 3.78. The third-order valence-corrected chi connectivity index (χ3v) is 5.45. The second kappa shape index (κ2) is 8.90. The summed E-state index contributed by atoms with van der Waals surface area (Å²) >= 11 is 0. The Kier molecular flexibility index (Phi) is 5.88. The number of amides is 2. The summed E-state index contributed by atoms with van der Waals surface area (Å²) in [6, 6.07) is 17.8. The summed E-state index contributed by atoms with van der Waals surface area (Å²) in [5.74, 6) is -0.137. The Morgan fingerprint density at radius 2 is 1.80 bits per heavy atom. The van der Waals surface area contributed by atoms with Crippen molar-refractivity contribution in [3.05, 3.63) is 72.3 Å². The van der Waals surface area contributed by atoms with Gasteiger partial charge in [-0.25, -0.2) is 4.98 Å². The maximum Gasteiger partial charge on any atom is 0.291 e. The van der Waals surface area contributed by atoms with Gasteiger partial charge in [0.15, 0.2) is 0 Å². The van der Waals surface area contributed by atoms with Crippen LogP contribution in [0.3, 0.4) is 0 Å². The molecule has 4 rings (SSSR count). The Hall–Kier alpha value is -3.48. The lowest BCUT2D eigenvalue weighted by Gasteiger charge is -2.40. The molecular formula is C23H25N5O2. The molecule has 1 aromatic heterocycles. The van der Waals surface area contributed by atoms with Crippen LogP contribution in [0.25, 0.3) is 11.1 Å². The standard InChI is InChI=1S/C23H25N5O2/c1-2-12-27-13-14-28(23(30)21-24-16-25-26-21)20(22(27)29)15-17-8-10-19(11-9-17)18-6-4-3-5-7-18/h3-11,16,20H,2,12-15H2,1H3,(H,24,25,26). The number of aromatic nitrogens is 3. The van der Waals surface area contributed by atoms with Crippen molar-refractivity contribution in [1.82, 2.24) is 25.0 Å². The second-order valence-corrected chi connectivity index (χ2v) is 7.44. The van der Waals surface area contributed by atoms with Gasteiger partial charge in [0.25, 0.3) is 5.91 Å². The zero-order valence-corrected chi connectivity index (χ0v) is 17.0. The van der Waals surface area contributed by atoms with Gasteiger partial charge in [0.2, 0.25) is 11.7 Å². The van der Waals surface area contributed by atoms with Crippen molar-refractivity contribution in [3.8, 4) is 11.1 Å². The van der Waals surface area contributed by atoms with Crippen molar-refractivity contribution in [1.29, 1.82) is 0 Å². The van der Waals surface area contributed by atoms with E-state index < -0.39 is 6.04 Å². The highest BCUT2D eigenvalue weighted by Crippen LogP contribution is 2.22. The first-order valence-corrected chi connectivity index (χ1v) is 10.3. The van der Waals surface area contributed by atoms with Crippen LogP contribution in [0.2, 0.25) is 0 Å². The Balaban J connectivity index is 1.57. The number of nitrogens with zero attached hydrogens (tertiary/aromatic N) is 4. The molecule has 2 heterocycles. The molecule has 7 nitrogen and oxygen atoms in total. The number of rotatable bonds is 6. The van der Waals surface area contributed by atoms with E-state index in [9.17, 15) is 9.59 Å². The molecule has 1 atom stereocenters. The van der Waals surface area contributed by atoms with Crippen molar-refractivity contribution in [2.45, 2.75) is 25.8 Å². The van der Waals surface area contributed by atoms with E-state index in [1.807, 2.05) is 35.2 Å². The fraction of sp³-hybridized carbons (Fsp3) is 0.304. The molecule has 7 heteroatoms. The van der Waals surface area contributed by atoms with Gasteiger partial charge in [-0.15, -0.1) is 0 Å². The molecule has 154 valence electrons. The first-order valence-electron chi connectivity index (χ1n) is 10.3. The van der Waals surface area contributed by atoms with E-state index in [0.717, 1.165) is 23.1 Å². The molecule has 2 amide bonds. The Morgan fingerprint density at radius 3 is 2.47 bits per heavy atom. The minimum Gasteiger partial charge on any atom is -0.339 e. The van der Waals surface area contributed by atoms with Crippen LogP contribution in [0.4, 0.5) is 0 Å². The fourth-order valence-corrected chi connectivity index (χ4v) is 3.90. The number of hydrogen-bond acceptors (Lipinski definition) is 4. The third kappa shape index (κ3) is 4.10. The minimum absolute atomic E-state index is 0.0110. The molecule has 0 radical (unpaired) electrons. The average Bonchev–Trinajstić information content (AvgIpc) is 3.32. The number of aromatic amines is 1. The maximum atomic E-state index is 13.2. The van der Waals surface area contributed by atoms with Gasteiger partial charge >= 0.3 is 0 Å². The molecule has 2 aromatic carbocycles. The molecule has 0 spiro atoms. The molecule has 1 fully saturated rings. The number of benzene rings is 2. The third-order valence-electron chi connectivity index (χ3n) is 5.45. The molecule has 0 aliphatic carbocycles. The van der Waals surface area contributed by atoms with E-state index in [0.29, 0.717) is 26.1 Å². The minimum atomic E-state index is -0.550. The van der Waals surface area contributed by atoms with Gasteiger partial charge in [-0.3, -0.25) is 14.7 Å². The first-order chi connectivity index (χ1) is 14.7. The molecule has 1 aliphatic rings. The number of carbonyl (C=O) groups excluding carboxylic acids is 2. The molecule has 3 aromatic rings. The molecule has 0 bridgehead atoms. The van der Waals surface area contributed by atoms with E-state index in [2.05, 4.69) is 46.4 Å². The lowest BCUT2D eigenvalue weighted by Crippen LogP contribution is -2.59. The summed E-state index contributed by atoms with van der Waals surface area (Å²) < 4.78 is 0. The Bertz CT molecular complexity index is 986. The van der Waals surface area contributed by atoms with E-state index in [4.69, 9.17) is 0 Å². The van der Waals surface area contributed by atoms with E-state index in [1.54, 1.807) is 4.90 Å². The van der Waals surface area contributed by atoms with Gasteiger partial charge in [0, 0.05) is 26.1 Å². The van der Waals surface area contributed by atoms with E-state index in [-0.39, 0.29) is 17.6 Å². The molecule has 1 aliphatic heterocycles. The van der Waals surface area contributed by atoms with Crippen LogP contribution in [0, 0.1) is 0 Å². The lowest BCUT2D eigenvalue weighted by atomic mass is 9.98. The normalized spacial score (nSPS) is 16.7. The highest BCUT2D eigenvalue weighted by atomic mass is 16.2. The number of nitrogens with one attached hydrogen (secondary N) is 1. The summed E-state index contributed by atoms with van der Waals surface area (Å²) in [7, 11) is 0. The number of H-pyrrole nitrogens is 1. The van der Waals surface area contributed by atoms with Gasteiger partial charge in [0.1, 0.15) is 12.4 Å². The van der Waals surface area contributed by atoms with Crippen molar-refractivity contribution in [2.24, 2.45) is 0 Å². The van der Waals surface area contributed by atoms with Gasteiger partial charge in [-0.2, -0.15) is 5.10 Å². The predicted octanol–water partition coefficient (Wildman–Crippen LogP) is 2.78. The van der Waals surface area contributed by atoms with Crippen LogP contribution in [0.15, 0.2) is 60.9 Å². The topological polar surface area (TPSA) is 82.2 Å². The van der Waals surface area contributed by atoms with Gasteiger partial charge < -0.3 is 9.80 Å². The first kappa shape index (κ1) is 19.8. The Labute approximate surface area is 175 Å². The summed E-state index contributed by atoms with van der Waals surface area (Å²) in [6.07, 6.45) is 2.66. The van der Waals surface area contributed by atoms with E-state index >= 15 is 0 Å². The molecule has 30 heavy (non-hydrogen) atoms. The summed E-state index contributed by atoms with van der Waals surface area (Å²) in [5.41, 5.74) is 3.28. The van der Waals surface area contributed by atoms with Crippen molar-refractivity contribution >= 4 is 11.8 Å². The highest BCUT2D eigenvalue weighted by Gasteiger charge is 2.38. The van der Waals surface area contributed by atoms with Crippen molar-refractivity contribution in [2.75, 3.05) is 19.6 Å². The molecular weight excluding hydrogens is 378 g/mol. The maximum absolute atomic E-state index is 13.2. The van der Waals surface area contributed by atoms with Crippen LogP contribution < -0.4 is 0 Å². The molecule has 1 saturated heterocycles. The number of carbonyl (C=O) groups is 2. The fourth-order valence-electron chi connectivity index (χ4n) is 3.90. The van der Waals surface area contributed by atoms with Crippen LogP contribution in [-0.4, -0.2) is 62.5 Å². The monoisotopic (exact) mass is 403 g/mol. The second-order valence-electron chi connectivity index (χ2n) is 7.44. The van der Waals surface area contributed by atoms with Crippen molar-refractivity contribution in [3.63, 3.8) is 0 Å². The number of piperazine rings is 1. The average molecular weight is 403 g/mol. The summed E-state index contributed by atoms with van der Waals surface area (Å²) in [4.78, 5) is 33.6. The summed E-state index contributed by atoms with van der Waals surface area (Å²) in [5, 5.41) is 6.39. The molecule has 0 saturated carbocycles. The molecule has 1 unspecified atom stereocenters. The van der Waals surface area contributed by atoms with Gasteiger partial charge in [-0.1, -0.05) is 61.5 Å². The molecule has 1 N–H and O–H groups in total. The lowest BCUT2D eigenvalue weighted by molar-refractivity contribution is -0.140. The largest absolute Gasteiger partial charge is 0.339 e. The Morgan fingerprint density at radius 1 is 1.07 bits per heavy atom. The zero-order chi connectivity index (χ0) is 20.9. The smallest absolute Gasteiger partial charge is 0.291 e. The van der Waals surface area contributed by atoms with Gasteiger partial charge in [0.05, 0.1) is 0 Å². The predicted molar refractivity (Wildman–Crippen MR) is 114 cm³/mol. The quantitative estimate of drug-likeness (QED) is 0.686. The zero-order valence-electron chi connectivity index (χ0n) is 17.0.